The van der Waals surface area contributed by atoms with Crippen LogP contribution in [0.5, 0.6) is 0 Å². The summed E-state index contributed by atoms with van der Waals surface area (Å²) in [4.78, 5) is 28.4. The first-order valence-corrected chi connectivity index (χ1v) is 10.6. The van der Waals surface area contributed by atoms with E-state index >= 15 is 0 Å². The first kappa shape index (κ1) is 20.5. The van der Waals surface area contributed by atoms with Crippen LogP contribution >= 0.6 is 0 Å². The van der Waals surface area contributed by atoms with Crippen LogP contribution in [0.4, 0.5) is 5.69 Å². The minimum absolute atomic E-state index is 0.0636. The second-order valence-corrected chi connectivity index (χ2v) is 8.07. The van der Waals surface area contributed by atoms with Crippen molar-refractivity contribution in [2.45, 2.75) is 30.8 Å². The maximum atomic E-state index is 12.1. The van der Waals surface area contributed by atoms with Gasteiger partial charge in [0.15, 0.2) is 6.10 Å². The van der Waals surface area contributed by atoms with Crippen LogP contribution < -0.4 is 10.0 Å². The summed E-state index contributed by atoms with van der Waals surface area (Å²) >= 11 is 0. The van der Waals surface area contributed by atoms with Crippen LogP contribution in [-0.4, -0.2) is 38.8 Å². The summed E-state index contributed by atoms with van der Waals surface area (Å²) in [5, 5.41) is 2.67. The third-order valence-corrected chi connectivity index (χ3v) is 5.59. The lowest BCUT2D eigenvalue weighted by Crippen LogP contribution is -2.30. The maximum Gasteiger partial charge on any atom is 0.306 e. The third kappa shape index (κ3) is 5.20. The number of hydrogen-bond donors (Lipinski definition) is 2. The predicted molar refractivity (Wildman–Crippen MR) is 108 cm³/mol. The Morgan fingerprint density at radius 3 is 2.55 bits per heavy atom. The zero-order valence-electron chi connectivity index (χ0n) is 15.8. The van der Waals surface area contributed by atoms with Crippen molar-refractivity contribution in [1.29, 1.82) is 0 Å². The number of anilines is 1. The van der Waals surface area contributed by atoms with Crippen LogP contribution in [0.2, 0.25) is 0 Å². The second kappa shape index (κ2) is 8.87. The molecule has 0 aliphatic carbocycles. The number of fused-ring (bicyclic) bond motifs is 1. The van der Waals surface area contributed by atoms with Gasteiger partial charge in [0.05, 0.1) is 4.90 Å². The molecule has 1 aliphatic heterocycles. The van der Waals surface area contributed by atoms with E-state index in [4.69, 9.17) is 4.74 Å². The lowest BCUT2D eigenvalue weighted by atomic mass is 10.2. The van der Waals surface area contributed by atoms with E-state index in [1.54, 1.807) is 42.5 Å². The van der Waals surface area contributed by atoms with E-state index in [1.165, 1.54) is 13.0 Å². The van der Waals surface area contributed by atoms with Crippen LogP contribution in [0, 0.1) is 0 Å². The smallest absolute Gasteiger partial charge is 0.306 e. The number of nitrogens with one attached hydrogen (secondary N) is 2. The summed E-state index contributed by atoms with van der Waals surface area (Å²) in [6, 6.07) is 15.4. The van der Waals surface area contributed by atoms with E-state index < -0.39 is 28.0 Å². The summed E-state index contributed by atoms with van der Waals surface area (Å²) in [6.45, 7) is 1.74. The van der Waals surface area contributed by atoms with Crippen molar-refractivity contribution in [3.8, 4) is 0 Å². The molecular formula is C20H21N3O5S. The fourth-order valence-corrected chi connectivity index (χ4v) is 3.99. The Labute approximate surface area is 169 Å². The van der Waals surface area contributed by atoms with Gasteiger partial charge in [0, 0.05) is 24.2 Å². The van der Waals surface area contributed by atoms with Crippen LogP contribution in [0.25, 0.3) is 0 Å². The highest BCUT2D eigenvalue weighted by molar-refractivity contribution is 7.90. The third-order valence-electron chi connectivity index (χ3n) is 4.19. The second-order valence-electron chi connectivity index (χ2n) is 6.42. The molecule has 0 spiro atoms. The Balaban J connectivity index is 1.46. The SMILES string of the molecule is C[C@H](OC(=O)CCCN=C1NS(=O)(=O)c2ccccc21)C(=O)Nc1ccccc1. The number of ether oxygens (including phenoxy) is 1. The van der Waals surface area contributed by atoms with Crippen LogP contribution in [-0.2, 0) is 24.3 Å². The average molecular weight is 415 g/mol. The number of carbonyl (C=O) groups is 2. The lowest BCUT2D eigenvalue weighted by Gasteiger charge is -2.13. The Morgan fingerprint density at radius 2 is 1.79 bits per heavy atom. The fourth-order valence-electron chi connectivity index (χ4n) is 2.74. The van der Waals surface area contributed by atoms with Gasteiger partial charge < -0.3 is 10.1 Å². The summed E-state index contributed by atoms with van der Waals surface area (Å²) in [5.74, 6) is -0.667. The minimum atomic E-state index is -3.58. The first-order valence-electron chi connectivity index (χ1n) is 9.09. The molecule has 0 saturated carbocycles. The number of sulfonamides is 1. The highest BCUT2D eigenvalue weighted by Crippen LogP contribution is 2.22. The topological polar surface area (TPSA) is 114 Å². The van der Waals surface area contributed by atoms with E-state index in [2.05, 4.69) is 15.0 Å². The van der Waals surface area contributed by atoms with Crippen LogP contribution in [0.15, 0.2) is 64.5 Å². The molecule has 1 atom stereocenters. The molecule has 2 N–H and O–H groups in total. The molecule has 9 heteroatoms. The van der Waals surface area contributed by atoms with Gasteiger partial charge in [-0.15, -0.1) is 0 Å². The molecule has 3 rings (SSSR count). The summed E-state index contributed by atoms with van der Waals surface area (Å²) in [6.07, 6.45) is -0.504. The number of amides is 1. The number of nitrogens with zero attached hydrogens (tertiary/aromatic N) is 1. The van der Waals surface area contributed by atoms with Gasteiger partial charge in [-0.3, -0.25) is 19.3 Å². The maximum absolute atomic E-state index is 12.1. The van der Waals surface area contributed by atoms with Crippen molar-refractivity contribution in [3.63, 3.8) is 0 Å². The van der Waals surface area contributed by atoms with Crippen molar-refractivity contribution in [3.05, 3.63) is 60.2 Å². The fraction of sp³-hybridized carbons (Fsp3) is 0.250. The quantitative estimate of drug-likeness (QED) is 0.531. The standard InChI is InChI=1S/C20H21N3O5S/c1-14(20(25)22-15-8-3-2-4-9-15)28-18(24)12-7-13-21-19-16-10-5-6-11-17(16)29(26,27)23-19/h2-6,8-11,14H,7,12-13H2,1H3,(H,21,23)(H,22,25)/t14-/m0/s1. The van der Waals surface area contributed by atoms with Crippen molar-refractivity contribution in [2.75, 3.05) is 11.9 Å². The molecule has 2 aromatic rings. The monoisotopic (exact) mass is 415 g/mol. The molecule has 0 aromatic heterocycles. The highest BCUT2D eigenvalue weighted by atomic mass is 32.2. The molecule has 29 heavy (non-hydrogen) atoms. The van der Waals surface area contributed by atoms with E-state index in [1.807, 2.05) is 6.07 Å². The molecule has 0 bridgehead atoms. The number of rotatable bonds is 7. The van der Waals surface area contributed by atoms with Crippen molar-refractivity contribution < 1.29 is 22.7 Å². The Morgan fingerprint density at radius 1 is 1.10 bits per heavy atom. The molecule has 0 saturated heterocycles. The van der Waals surface area contributed by atoms with E-state index in [9.17, 15) is 18.0 Å². The molecule has 0 unspecified atom stereocenters. The first-order chi connectivity index (χ1) is 13.9. The van der Waals surface area contributed by atoms with E-state index in [0.717, 1.165) is 0 Å². The Hall–Kier alpha value is -3.20. The number of benzene rings is 2. The van der Waals surface area contributed by atoms with Gasteiger partial charge in [-0.2, -0.15) is 0 Å². The normalized spacial score (nSPS) is 16.5. The van der Waals surface area contributed by atoms with E-state index in [0.29, 0.717) is 17.7 Å². The number of amidine groups is 1. The zero-order chi connectivity index (χ0) is 20.9. The minimum Gasteiger partial charge on any atom is -0.453 e. The van der Waals surface area contributed by atoms with Gasteiger partial charge >= 0.3 is 5.97 Å². The number of esters is 1. The van der Waals surface area contributed by atoms with Gasteiger partial charge in [0.25, 0.3) is 15.9 Å². The van der Waals surface area contributed by atoms with Crippen LogP contribution in [0.3, 0.4) is 0 Å². The summed E-state index contributed by atoms with van der Waals surface area (Å²) in [7, 11) is -3.58. The van der Waals surface area contributed by atoms with Crippen LogP contribution in [0.1, 0.15) is 25.3 Å². The average Bonchev–Trinajstić information content (AvgIpc) is 2.96. The molecule has 0 radical (unpaired) electrons. The largest absolute Gasteiger partial charge is 0.453 e. The molecule has 2 aromatic carbocycles. The predicted octanol–water partition coefficient (Wildman–Crippen LogP) is 2.08. The number of para-hydroxylation sites is 1. The number of hydrogen-bond acceptors (Lipinski definition) is 6. The van der Waals surface area contributed by atoms with Crippen molar-refractivity contribution >= 4 is 33.4 Å². The summed E-state index contributed by atoms with van der Waals surface area (Å²) < 4.78 is 31.6. The highest BCUT2D eigenvalue weighted by Gasteiger charge is 2.29. The van der Waals surface area contributed by atoms with Gasteiger partial charge in [-0.05, 0) is 37.6 Å². The van der Waals surface area contributed by atoms with Gasteiger partial charge in [0.1, 0.15) is 5.84 Å². The molecule has 1 amide bonds. The molecule has 152 valence electrons. The Bertz CT molecular complexity index is 1040. The van der Waals surface area contributed by atoms with Crippen molar-refractivity contribution in [2.24, 2.45) is 4.99 Å². The van der Waals surface area contributed by atoms with Gasteiger partial charge in [-0.25, -0.2) is 8.42 Å². The zero-order valence-corrected chi connectivity index (χ0v) is 16.6. The van der Waals surface area contributed by atoms with E-state index in [-0.39, 0.29) is 23.7 Å². The summed E-state index contributed by atoms with van der Waals surface area (Å²) in [5.41, 5.74) is 1.14. The number of aliphatic imine (C=N–C) groups is 1. The molecular weight excluding hydrogens is 394 g/mol. The van der Waals surface area contributed by atoms with Gasteiger partial charge in [0.2, 0.25) is 0 Å². The lowest BCUT2D eigenvalue weighted by molar-refractivity contribution is -0.153. The molecule has 1 heterocycles. The molecule has 0 fully saturated rings. The number of carbonyl (C=O) groups excluding carboxylic acids is 2. The Kier molecular flexibility index (Phi) is 6.28. The van der Waals surface area contributed by atoms with Gasteiger partial charge in [-0.1, -0.05) is 30.3 Å². The van der Waals surface area contributed by atoms with Crippen molar-refractivity contribution in [1.82, 2.24) is 4.72 Å². The molecule has 1 aliphatic rings. The molecule has 8 nitrogen and oxygen atoms in total.